The lowest BCUT2D eigenvalue weighted by Crippen LogP contribution is -2.32. The molecule has 0 radical (unpaired) electrons. The van der Waals surface area contributed by atoms with Gasteiger partial charge in [-0.15, -0.1) is 0 Å². The van der Waals surface area contributed by atoms with Gasteiger partial charge in [-0.3, -0.25) is 9.48 Å². The quantitative estimate of drug-likeness (QED) is 0.853. The summed E-state index contributed by atoms with van der Waals surface area (Å²) in [6, 6.07) is 1.86. The Morgan fingerprint density at radius 1 is 1.43 bits per heavy atom. The lowest BCUT2D eigenvalue weighted by atomic mass is 9.78. The van der Waals surface area contributed by atoms with E-state index in [4.69, 9.17) is 0 Å². The van der Waals surface area contributed by atoms with Gasteiger partial charge < -0.3 is 0 Å². The number of rotatable bonds is 4. The van der Waals surface area contributed by atoms with E-state index >= 15 is 0 Å². The molecule has 2 rings (SSSR count). The number of halogens is 3. The van der Waals surface area contributed by atoms with E-state index in [0.29, 0.717) is 12.8 Å². The standard InChI is InChI=1S/C15H21F3N2O/c1-3-12-8-13(20(2)19-12)9-14(21)10-5-4-6-11(7-10)15(16,17)18/h8,10-11H,3-7,9H2,1-2H3. The van der Waals surface area contributed by atoms with Gasteiger partial charge in [0.15, 0.2) is 0 Å². The molecule has 21 heavy (non-hydrogen) atoms. The molecule has 1 aromatic rings. The van der Waals surface area contributed by atoms with Gasteiger partial charge in [-0.2, -0.15) is 18.3 Å². The number of ketones is 1. The molecule has 1 aliphatic rings. The van der Waals surface area contributed by atoms with Gasteiger partial charge in [0.1, 0.15) is 5.78 Å². The summed E-state index contributed by atoms with van der Waals surface area (Å²) >= 11 is 0. The van der Waals surface area contributed by atoms with E-state index in [1.807, 2.05) is 13.0 Å². The summed E-state index contributed by atoms with van der Waals surface area (Å²) in [7, 11) is 1.77. The molecule has 1 aromatic heterocycles. The number of Topliss-reactive ketones (excluding diaryl/α,β-unsaturated/α-hetero) is 1. The lowest BCUT2D eigenvalue weighted by molar-refractivity contribution is -0.186. The van der Waals surface area contributed by atoms with Crippen molar-refractivity contribution in [2.75, 3.05) is 0 Å². The second-order valence-corrected chi connectivity index (χ2v) is 5.85. The minimum absolute atomic E-state index is 0.0547. The summed E-state index contributed by atoms with van der Waals surface area (Å²) in [6.45, 7) is 1.98. The van der Waals surface area contributed by atoms with Crippen LogP contribution in [0.5, 0.6) is 0 Å². The number of hydrogen-bond donors (Lipinski definition) is 0. The number of carbonyl (C=O) groups excluding carboxylic acids is 1. The molecule has 0 bridgehead atoms. The Morgan fingerprint density at radius 2 is 2.14 bits per heavy atom. The first-order valence-corrected chi connectivity index (χ1v) is 7.42. The second kappa shape index (κ2) is 6.20. The molecular formula is C15H21F3N2O. The van der Waals surface area contributed by atoms with Crippen molar-refractivity contribution in [3.05, 3.63) is 17.5 Å². The fourth-order valence-corrected chi connectivity index (χ4v) is 3.01. The minimum Gasteiger partial charge on any atom is -0.299 e. The van der Waals surface area contributed by atoms with Crippen LogP contribution in [0.3, 0.4) is 0 Å². The van der Waals surface area contributed by atoms with Crippen LogP contribution < -0.4 is 0 Å². The van der Waals surface area contributed by atoms with E-state index in [1.165, 1.54) is 0 Å². The van der Waals surface area contributed by atoms with E-state index in [-0.39, 0.29) is 25.0 Å². The molecule has 1 fully saturated rings. The van der Waals surface area contributed by atoms with E-state index in [9.17, 15) is 18.0 Å². The van der Waals surface area contributed by atoms with Crippen molar-refractivity contribution < 1.29 is 18.0 Å². The fraction of sp³-hybridized carbons (Fsp3) is 0.733. The van der Waals surface area contributed by atoms with Gasteiger partial charge in [0.25, 0.3) is 0 Å². The van der Waals surface area contributed by atoms with Gasteiger partial charge in [-0.1, -0.05) is 13.3 Å². The van der Waals surface area contributed by atoms with Crippen LogP contribution in [0.1, 0.15) is 44.0 Å². The monoisotopic (exact) mass is 302 g/mol. The molecule has 2 unspecified atom stereocenters. The zero-order chi connectivity index (χ0) is 15.6. The smallest absolute Gasteiger partial charge is 0.299 e. The van der Waals surface area contributed by atoms with Gasteiger partial charge in [-0.05, 0) is 31.7 Å². The van der Waals surface area contributed by atoms with Crippen molar-refractivity contribution >= 4 is 5.78 Å². The van der Waals surface area contributed by atoms with Crippen molar-refractivity contribution in [1.82, 2.24) is 9.78 Å². The highest BCUT2D eigenvalue weighted by Crippen LogP contribution is 2.40. The van der Waals surface area contributed by atoms with Crippen molar-refractivity contribution in [1.29, 1.82) is 0 Å². The van der Waals surface area contributed by atoms with Gasteiger partial charge >= 0.3 is 6.18 Å². The molecule has 0 amide bonds. The lowest BCUT2D eigenvalue weighted by Gasteiger charge is -2.29. The van der Waals surface area contributed by atoms with Crippen LogP contribution in [0.25, 0.3) is 0 Å². The topological polar surface area (TPSA) is 34.9 Å². The molecule has 1 aliphatic carbocycles. The molecule has 0 N–H and O–H groups in total. The van der Waals surface area contributed by atoms with E-state index in [2.05, 4.69) is 5.10 Å². The third-order valence-corrected chi connectivity index (χ3v) is 4.34. The summed E-state index contributed by atoms with van der Waals surface area (Å²) in [4.78, 5) is 12.3. The Morgan fingerprint density at radius 3 is 2.71 bits per heavy atom. The summed E-state index contributed by atoms with van der Waals surface area (Å²) in [5.74, 6) is -1.88. The number of hydrogen-bond acceptors (Lipinski definition) is 2. The Kier molecular flexibility index (Phi) is 4.74. The van der Waals surface area contributed by atoms with Crippen molar-refractivity contribution in [2.24, 2.45) is 18.9 Å². The number of carbonyl (C=O) groups is 1. The number of nitrogens with zero attached hydrogens (tertiary/aromatic N) is 2. The van der Waals surface area contributed by atoms with Crippen LogP contribution in [0, 0.1) is 11.8 Å². The number of aryl methyl sites for hydroxylation is 2. The molecule has 0 aromatic carbocycles. The maximum atomic E-state index is 12.8. The Labute approximate surface area is 122 Å². The third kappa shape index (κ3) is 3.86. The van der Waals surface area contributed by atoms with Gasteiger partial charge in [0.05, 0.1) is 11.6 Å². The van der Waals surface area contributed by atoms with Crippen LogP contribution in [0.4, 0.5) is 13.2 Å². The third-order valence-electron chi connectivity index (χ3n) is 4.34. The Balaban J connectivity index is 2.01. The predicted octanol–water partition coefficient (Wildman–Crippen LogP) is 3.46. The first kappa shape index (κ1) is 16.0. The zero-order valence-corrected chi connectivity index (χ0v) is 12.4. The largest absolute Gasteiger partial charge is 0.391 e. The highest BCUT2D eigenvalue weighted by Gasteiger charge is 2.43. The van der Waals surface area contributed by atoms with E-state index in [0.717, 1.165) is 17.8 Å². The average molecular weight is 302 g/mol. The molecule has 1 saturated carbocycles. The number of alkyl halides is 3. The molecule has 0 spiro atoms. The zero-order valence-electron chi connectivity index (χ0n) is 12.4. The van der Waals surface area contributed by atoms with Crippen molar-refractivity contribution in [2.45, 2.75) is 51.6 Å². The molecular weight excluding hydrogens is 281 g/mol. The van der Waals surface area contributed by atoms with Crippen molar-refractivity contribution in [3.63, 3.8) is 0 Å². The molecule has 0 aliphatic heterocycles. The highest BCUT2D eigenvalue weighted by molar-refractivity contribution is 5.83. The Bertz CT molecular complexity index is 508. The highest BCUT2D eigenvalue weighted by atomic mass is 19.4. The van der Waals surface area contributed by atoms with Gasteiger partial charge in [0, 0.05) is 25.1 Å². The fourth-order valence-electron chi connectivity index (χ4n) is 3.01. The molecule has 1 heterocycles. The van der Waals surface area contributed by atoms with Crippen LogP contribution in [-0.4, -0.2) is 21.7 Å². The summed E-state index contributed by atoms with van der Waals surface area (Å²) in [5.41, 5.74) is 1.68. The summed E-state index contributed by atoms with van der Waals surface area (Å²) in [6.07, 6.45) is -2.07. The molecule has 0 saturated heterocycles. The van der Waals surface area contributed by atoms with Gasteiger partial charge in [0.2, 0.25) is 0 Å². The second-order valence-electron chi connectivity index (χ2n) is 5.85. The maximum Gasteiger partial charge on any atom is 0.391 e. The predicted molar refractivity (Wildman–Crippen MR) is 72.8 cm³/mol. The van der Waals surface area contributed by atoms with Crippen LogP contribution in [0.15, 0.2) is 6.07 Å². The first-order chi connectivity index (χ1) is 9.81. The Hall–Kier alpha value is -1.33. The van der Waals surface area contributed by atoms with E-state index < -0.39 is 18.0 Å². The van der Waals surface area contributed by atoms with Crippen LogP contribution in [0.2, 0.25) is 0 Å². The van der Waals surface area contributed by atoms with E-state index in [1.54, 1.807) is 11.7 Å². The normalized spacial score (nSPS) is 23.3. The first-order valence-electron chi connectivity index (χ1n) is 7.42. The summed E-state index contributed by atoms with van der Waals surface area (Å²) in [5, 5.41) is 4.27. The van der Waals surface area contributed by atoms with Crippen molar-refractivity contribution in [3.8, 4) is 0 Å². The van der Waals surface area contributed by atoms with Crippen LogP contribution in [-0.2, 0) is 24.7 Å². The molecule has 118 valence electrons. The minimum atomic E-state index is -4.18. The molecule has 3 nitrogen and oxygen atoms in total. The van der Waals surface area contributed by atoms with Gasteiger partial charge in [-0.25, -0.2) is 0 Å². The average Bonchev–Trinajstić information content (AvgIpc) is 2.78. The van der Waals surface area contributed by atoms with Crippen LogP contribution >= 0.6 is 0 Å². The molecule has 6 heteroatoms. The summed E-state index contributed by atoms with van der Waals surface area (Å²) < 4.78 is 40.0. The molecule has 2 atom stereocenters. The maximum absolute atomic E-state index is 12.8. The number of aromatic nitrogens is 2. The SMILES string of the molecule is CCc1cc(CC(=O)C2CCCC(C(F)(F)F)C2)n(C)n1.